The zero-order chi connectivity index (χ0) is 38.2. The monoisotopic (exact) mass is 729 g/mol. The highest BCUT2D eigenvalue weighted by Gasteiger charge is 2.19. The van der Waals surface area contributed by atoms with Gasteiger partial charge in [-0.15, -0.1) is 0 Å². The van der Waals surface area contributed by atoms with Gasteiger partial charge in [-0.05, 0) is 96.1 Å². The Morgan fingerprint density at radius 1 is 0.577 bits per heavy atom. The Morgan fingerprint density at radius 3 is 1.65 bits per heavy atom. The molecule has 0 rings (SSSR count). The van der Waals surface area contributed by atoms with E-state index in [-0.39, 0.29) is 18.0 Å². The van der Waals surface area contributed by atoms with Crippen LogP contribution in [0.2, 0.25) is 0 Å². The van der Waals surface area contributed by atoms with E-state index >= 15 is 0 Å². The van der Waals surface area contributed by atoms with Crippen LogP contribution in [0.15, 0.2) is 48.6 Å². The predicted octanol–water partition coefficient (Wildman–Crippen LogP) is 12.0. The Kier molecular flexibility index (Phi) is 37.5. The molecule has 300 valence electrons. The summed E-state index contributed by atoms with van der Waals surface area (Å²) in [6.45, 7) is 4.84. The van der Waals surface area contributed by atoms with Crippen molar-refractivity contribution in [1.82, 2.24) is 5.32 Å². The summed E-state index contributed by atoms with van der Waals surface area (Å²) in [5.74, 6) is -1.35. The minimum atomic E-state index is -1.02. The molecule has 0 bridgehead atoms. The average Bonchev–Trinajstić information content (AvgIpc) is 3.13. The van der Waals surface area contributed by atoms with Crippen molar-refractivity contribution in [3.05, 3.63) is 48.6 Å². The lowest BCUT2D eigenvalue weighted by Gasteiger charge is -2.15. The third kappa shape index (κ3) is 35.7. The van der Waals surface area contributed by atoms with Crippen LogP contribution in [0, 0.1) is 0 Å². The number of hydrogen-bond donors (Lipinski definition) is 3. The summed E-state index contributed by atoms with van der Waals surface area (Å²) in [5.41, 5.74) is 5.47. The molecule has 0 aliphatic carbocycles. The van der Waals surface area contributed by atoms with Crippen molar-refractivity contribution in [2.24, 2.45) is 5.73 Å². The van der Waals surface area contributed by atoms with Crippen LogP contribution in [0.1, 0.15) is 200 Å². The summed E-state index contributed by atoms with van der Waals surface area (Å²) in [4.78, 5) is 36.1. The number of rotatable bonds is 38. The molecular formula is C45H80N2O5. The van der Waals surface area contributed by atoms with Gasteiger partial charge < -0.3 is 20.9 Å². The van der Waals surface area contributed by atoms with Gasteiger partial charge in [0.25, 0.3) is 0 Å². The second kappa shape index (κ2) is 39.5. The zero-order valence-electron chi connectivity index (χ0n) is 33.6. The molecule has 0 radical (unpaired) electrons. The maximum Gasteiger partial charge on any atom is 0.326 e. The highest BCUT2D eigenvalue weighted by Crippen LogP contribution is 2.15. The summed E-state index contributed by atoms with van der Waals surface area (Å²) in [6.07, 6.45) is 47.7. The highest BCUT2D eigenvalue weighted by molar-refractivity contribution is 5.83. The molecule has 0 saturated carbocycles. The van der Waals surface area contributed by atoms with Gasteiger partial charge in [0.15, 0.2) is 0 Å². The standard InChI is InChI=1S/C45H80N2O5/c1-3-5-7-9-10-11-12-13-14-15-16-17-18-19-20-21-22-23-24-25-26-27-33-39-44(49)52-41(35-30-8-6-4-2)36-31-28-29-32-38-43(48)47-42(45(50)51)37-34-40-46/h12-13,15-16,18-19,30,35,41-42H,3-11,14,17,20-29,31-34,36-40,46H2,1-2H3,(H,47,48)(H,50,51)/b13-12-,16-15-,19-18-,35-30-. The van der Waals surface area contributed by atoms with Crippen LogP contribution < -0.4 is 11.1 Å². The number of nitrogens with two attached hydrogens (primary N) is 1. The van der Waals surface area contributed by atoms with Gasteiger partial charge >= 0.3 is 11.9 Å². The smallest absolute Gasteiger partial charge is 0.326 e. The lowest BCUT2D eigenvalue weighted by Crippen LogP contribution is -2.40. The van der Waals surface area contributed by atoms with Crippen molar-refractivity contribution in [2.75, 3.05) is 6.54 Å². The van der Waals surface area contributed by atoms with E-state index in [1.807, 2.05) is 0 Å². The molecule has 0 aliphatic heterocycles. The number of carboxylic acids is 1. The number of amides is 1. The van der Waals surface area contributed by atoms with E-state index in [9.17, 15) is 19.5 Å². The molecule has 2 atom stereocenters. The summed E-state index contributed by atoms with van der Waals surface area (Å²) < 4.78 is 5.86. The van der Waals surface area contributed by atoms with E-state index in [1.54, 1.807) is 0 Å². The SMILES string of the molecule is CCCC/C=C\C(CCCCCCC(=O)NC(CCCN)C(=O)O)OC(=O)CCCCCCCCCC/C=C\C/C=C\C/C=C\CCCCCCC. The molecule has 7 heteroatoms. The highest BCUT2D eigenvalue weighted by atomic mass is 16.5. The fraction of sp³-hybridized carbons (Fsp3) is 0.756. The largest absolute Gasteiger partial charge is 0.480 e. The van der Waals surface area contributed by atoms with Gasteiger partial charge in [-0.1, -0.05) is 146 Å². The Balaban J connectivity index is 3.96. The fourth-order valence-electron chi connectivity index (χ4n) is 6.06. The maximum absolute atomic E-state index is 12.6. The first-order valence-corrected chi connectivity index (χ1v) is 21.5. The number of hydrogen-bond acceptors (Lipinski definition) is 5. The van der Waals surface area contributed by atoms with E-state index in [0.29, 0.717) is 38.6 Å². The molecule has 4 N–H and O–H groups in total. The van der Waals surface area contributed by atoms with Crippen LogP contribution in [0.25, 0.3) is 0 Å². The molecule has 0 aromatic carbocycles. The fourth-order valence-corrected chi connectivity index (χ4v) is 6.06. The second-order valence-corrected chi connectivity index (χ2v) is 14.4. The van der Waals surface area contributed by atoms with Crippen LogP contribution in [0.5, 0.6) is 0 Å². The number of carboxylic acid groups (broad SMARTS) is 1. The van der Waals surface area contributed by atoms with Gasteiger partial charge in [0.05, 0.1) is 0 Å². The van der Waals surface area contributed by atoms with Gasteiger partial charge in [0.1, 0.15) is 12.1 Å². The third-order valence-electron chi connectivity index (χ3n) is 9.35. The van der Waals surface area contributed by atoms with Gasteiger partial charge in [-0.25, -0.2) is 4.79 Å². The predicted molar refractivity (Wildman–Crippen MR) is 220 cm³/mol. The first-order chi connectivity index (χ1) is 25.4. The van der Waals surface area contributed by atoms with Crippen LogP contribution in [0.3, 0.4) is 0 Å². The molecule has 0 aromatic rings. The number of carbonyl (C=O) groups excluding carboxylic acids is 2. The Hall–Kier alpha value is -2.67. The van der Waals surface area contributed by atoms with E-state index in [2.05, 4.69) is 67.8 Å². The Labute approximate surface area is 319 Å². The molecule has 0 heterocycles. The van der Waals surface area contributed by atoms with Crippen molar-refractivity contribution in [2.45, 2.75) is 212 Å². The van der Waals surface area contributed by atoms with Crippen LogP contribution in [0.4, 0.5) is 0 Å². The number of unbranched alkanes of at least 4 members (excludes halogenated alkanes) is 18. The molecule has 0 aliphatic rings. The first kappa shape index (κ1) is 49.3. The van der Waals surface area contributed by atoms with Crippen LogP contribution in [-0.4, -0.2) is 41.6 Å². The van der Waals surface area contributed by atoms with Gasteiger partial charge in [0.2, 0.25) is 5.91 Å². The number of nitrogens with one attached hydrogen (secondary N) is 1. The molecule has 2 unspecified atom stereocenters. The number of carbonyl (C=O) groups is 3. The average molecular weight is 729 g/mol. The van der Waals surface area contributed by atoms with E-state index in [4.69, 9.17) is 10.5 Å². The van der Waals surface area contributed by atoms with Crippen molar-refractivity contribution in [1.29, 1.82) is 0 Å². The maximum atomic E-state index is 12.6. The summed E-state index contributed by atoms with van der Waals surface area (Å²) in [5, 5.41) is 11.9. The first-order valence-electron chi connectivity index (χ1n) is 21.5. The Bertz CT molecular complexity index is 957. The molecular weight excluding hydrogens is 649 g/mol. The van der Waals surface area contributed by atoms with Gasteiger partial charge in [0, 0.05) is 12.8 Å². The lowest BCUT2D eigenvalue weighted by molar-refractivity contribution is -0.147. The van der Waals surface area contributed by atoms with Crippen LogP contribution >= 0.6 is 0 Å². The number of aliphatic carboxylic acids is 1. The molecule has 0 spiro atoms. The van der Waals surface area contributed by atoms with E-state index in [0.717, 1.165) is 70.6 Å². The summed E-state index contributed by atoms with van der Waals surface area (Å²) in [7, 11) is 0. The number of allylic oxidation sites excluding steroid dienone is 7. The van der Waals surface area contributed by atoms with Crippen molar-refractivity contribution >= 4 is 17.8 Å². The molecule has 0 aromatic heterocycles. The van der Waals surface area contributed by atoms with Crippen molar-refractivity contribution in [3.63, 3.8) is 0 Å². The number of esters is 1. The topological polar surface area (TPSA) is 119 Å². The van der Waals surface area contributed by atoms with Gasteiger partial charge in [-0.2, -0.15) is 0 Å². The number of ether oxygens (including phenoxy) is 1. The van der Waals surface area contributed by atoms with E-state index in [1.165, 1.54) is 83.5 Å². The van der Waals surface area contributed by atoms with Crippen LogP contribution in [-0.2, 0) is 19.1 Å². The van der Waals surface area contributed by atoms with E-state index < -0.39 is 12.0 Å². The normalized spacial score (nSPS) is 13.1. The molecule has 7 nitrogen and oxygen atoms in total. The van der Waals surface area contributed by atoms with Gasteiger partial charge in [-0.3, -0.25) is 9.59 Å². The van der Waals surface area contributed by atoms with Crippen molar-refractivity contribution < 1.29 is 24.2 Å². The lowest BCUT2D eigenvalue weighted by atomic mass is 10.1. The molecule has 1 amide bonds. The molecule has 52 heavy (non-hydrogen) atoms. The third-order valence-corrected chi connectivity index (χ3v) is 9.35. The molecule has 0 fully saturated rings. The molecule has 0 saturated heterocycles. The minimum absolute atomic E-state index is 0.103. The summed E-state index contributed by atoms with van der Waals surface area (Å²) >= 11 is 0. The Morgan fingerprint density at radius 2 is 1.08 bits per heavy atom. The summed E-state index contributed by atoms with van der Waals surface area (Å²) in [6, 6.07) is -0.871. The zero-order valence-corrected chi connectivity index (χ0v) is 33.6. The van der Waals surface area contributed by atoms with Crippen molar-refractivity contribution in [3.8, 4) is 0 Å². The minimum Gasteiger partial charge on any atom is -0.480 e. The second-order valence-electron chi connectivity index (χ2n) is 14.4. The quantitative estimate of drug-likeness (QED) is 0.0331.